The van der Waals surface area contributed by atoms with Crippen LogP contribution in [0.15, 0.2) is 48.5 Å². The third kappa shape index (κ3) is 4.28. The standard InChI is InChI=1S/C30H37NO3/c1-30-16-15-25-24-14-12-23(34-19-20-7-4-3-5-8-20)17-21(24)11-13-26(25)29(30)22(18-27(30)32)9-6-10-28(33)31-2/h3-5,7-8,12,14,17,22,25-26,29H,6,9-11,13,15-16,18-19H2,1-2H3,(H,31,33)/t22-,25?,26?,29?,30-/m1/s1. The van der Waals surface area contributed by atoms with E-state index in [0.29, 0.717) is 48.9 Å². The fourth-order valence-corrected chi connectivity index (χ4v) is 7.36. The predicted molar refractivity (Wildman–Crippen MR) is 134 cm³/mol. The minimum atomic E-state index is -0.172. The Morgan fingerprint density at radius 2 is 1.97 bits per heavy atom. The number of rotatable bonds is 7. The Bertz CT molecular complexity index is 1050. The van der Waals surface area contributed by atoms with Gasteiger partial charge in [0, 0.05) is 25.3 Å². The van der Waals surface area contributed by atoms with E-state index in [1.54, 1.807) is 7.05 Å². The van der Waals surface area contributed by atoms with Gasteiger partial charge in [-0.2, -0.15) is 0 Å². The van der Waals surface area contributed by atoms with E-state index in [1.165, 1.54) is 16.7 Å². The molecule has 0 spiro atoms. The van der Waals surface area contributed by atoms with Crippen LogP contribution in [0.2, 0.25) is 0 Å². The van der Waals surface area contributed by atoms with Gasteiger partial charge in [-0.25, -0.2) is 0 Å². The highest BCUT2D eigenvalue weighted by Gasteiger charge is 2.58. The first-order chi connectivity index (χ1) is 16.5. The lowest BCUT2D eigenvalue weighted by Gasteiger charge is -2.50. The molecule has 2 aromatic carbocycles. The summed E-state index contributed by atoms with van der Waals surface area (Å²) in [5.41, 5.74) is 3.92. The first-order valence-corrected chi connectivity index (χ1v) is 13.0. The zero-order chi connectivity index (χ0) is 23.7. The van der Waals surface area contributed by atoms with Gasteiger partial charge in [0.2, 0.25) is 5.91 Å². The van der Waals surface area contributed by atoms with Crippen LogP contribution in [0.5, 0.6) is 5.75 Å². The average molecular weight is 460 g/mol. The van der Waals surface area contributed by atoms with E-state index in [9.17, 15) is 9.59 Å². The van der Waals surface area contributed by atoms with Crippen molar-refractivity contribution in [2.24, 2.45) is 23.2 Å². The number of fused-ring (bicyclic) bond motifs is 5. The largest absolute Gasteiger partial charge is 0.489 e. The topological polar surface area (TPSA) is 55.4 Å². The maximum atomic E-state index is 13.2. The van der Waals surface area contributed by atoms with Crippen molar-refractivity contribution in [2.75, 3.05) is 7.05 Å². The lowest BCUT2D eigenvalue weighted by Crippen LogP contribution is -2.44. The van der Waals surface area contributed by atoms with E-state index in [0.717, 1.165) is 44.3 Å². The van der Waals surface area contributed by atoms with Crippen LogP contribution < -0.4 is 10.1 Å². The van der Waals surface area contributed by atoms with Gasteiger partial charge in [-0.05, 0) is 91.0 Å². The molecule has 1 amide bonds. The highest BCUT2D eigenvalue weighted by molar-refractivity contribution is 5.87. The third-order valence-electron chi connectivity index (χ3n) is 9.05. The molecule has 3 unspecified atom stereocenters. The Labute approximate surface area is 203 Å². The summed E-state index contributed by atoms with van der Waals surface area (Å²) in [4.78, 5) is 24.9. The van der Waals surface area contributed by atoms with Gasteiger partial charge in [0.05, 0.1) is 0 Å². The molecule has 3 aliphatic carbocycles. The monoisotopic (exact) mass is 459 g/mol. The van der Waals surface area contributed by atoms with Crippen molar-refractivity contribution >= 4 is 11.7 Å². The van der Waals surface area contributed by atoms with Gasteiger partial charge in [0.15, 0.2) is 0 Å². The van der Waals surface area contributed by atoms with Crippen molar-refractivity contribution in [3.05, 3.63) is 65.2 Å². The number of ether oxygens (including phenoxy) is 1. The summed E-state index contributed by atoms with van der Waals surface area (Å²) in [6.45, 7) is 2.83. The van der Waals surface area contributed by atoms with Crippen LogP contribution in [-0.4, -0.2) is 18.7 Å². The number of hydrogen-bond acceptors (Lipinski definition) is 3. The maximum absolute atomic E-state index is 13.2. The van der Waals surface area contributed by atoms with Crippen molar-refractivity contribution in [1.82, 2.24) is 5.32 Å². The zero-order valence-electron chi connectivity index (χ0n) is 20.5. The maximum Gasteiger partial charge on any atom is 0.219 e. The Hall–Kier alpha value is -2.62. The SMILES string of the molecule is CNC(=O)CCC[C@@H]1CC(=O)[C@@]2(C)CCC3c4ccc(OCc5ccccc5)cc4CCC3C12. The molecule has 0 bridgehead atoms. The van der Waals surface area contributed by atoms with E-state index < -0.39 is 0 Å². The first-order valence-electron chi connectivity index (χ1n) is 13.0. The molecule has 2 fully saturated rings. The van der Waals surface area contributed by atoms with Crippen LogP contribution in [0.1, 0.15) is 74.5 Å². The Balaban J connectivity index is 1.31. The van der Waals surface area contributed by atoms with Crippen LogP contribution in [0, 0.1) is 23.2 Å². The minimum absolute atomic E-state index is 0.102. The number of nitrogens with one attached hydrogen (secondary N) is 1. The van der Waals surface area contributed by atoms with E-state index in [1.807, 2.05) is 18.2 Å². The molecule has 4 heteroatoms. The van der Waals surface area contributed by atoms with Crippen LogP contribution in [-0.2, 0) is 22.6 Å². The fourth-order valence-electron chi connectivity index (χ4n) is 7.36. The molecule has 4 nitrogen and oxygen atoms in total. The molecule has 0 saturated heterocycles. The summed E-state index contributed by atoms with van der Waals surface area (Å²) in [5.74, 6) is 3.50. The molecule has 34 heavy (non-hydrogen) atoms. The van der Waals surface area contributed by atoms with Gasteiger partial charge in [0.25, 0.3) is 0 Å². The van der Waals surface area contributed by atoms with Gasteiger partial charge in [0.1, 0.15) is 18.1 Å². The highest BCUT2D eigenvalue weighted by atomic mass is 16.5. The molecular formula is C30H37NO3. The van der Waals surface area contributed by atoms with E-state index in [4.69, 9.17) is 4.74 Å². The number of benzene rings is 2. The van der Waals surface area contributed by atoms with Crippen molar-refractivity contribution in [2.45, 2.75) is 70.8 Å². The molecule has 0 radical (unpaired) electrons. The Kier molecular flexibility index (Phi) is 6.50. The lowest BCUT2D eigenvalue weighted by molar-refractivity contribution is -0.129. The number of Topliss-reactive ketones (excluding diaryl/α,β-unsaturated/α-hetero) is 1. The zero-order valence-corrected chi connectivity index (χ0v) is 20.5. The summed E-state index contributed by atoms with van der Waals surface area (Å²) < 4.78 is 6.11. The van der Waals surface area contributed by atoms with Crippen LogP contribution >= 0.6 is 0 Å². The minimum Gasteiger partial charge on any atom is -0.489 e. The van der Waals surface area contributed by atoms with Crippen molar-refractivity contribution in [1.29, 1.82) is 0 Å². The molecule has 0 heterocycles. The van der Waals surface area contributed by atoms with Gasteiger partial charge >= 0.3 is 0 Å². The normalized spacial score (nSPS) is 29.6. The molecule has 2 aromatic rings. The molecule has 5 atom stereocenters. The summed E-state index contributed by atoms with van der Waals surface area (Å²) in [7, 11) is 1.70. The van der Waals surface area contributed by atoms with Crippen LogP contribution in [0.4, 0.5) is 0 Å². The second-order valence-electron chi connectivity index (χ2n) is 10.9. The summed E-state index contributed by atoms with van der Waals surface area (Å²) >= 11 is 0. The highest BCUT2D eigenvalue weighted by Crippen LogP contribution is 2.62. The second kappa shape index (κ2) is 9.56. The van der Waals surface area contributed by atoms with Gasteiger partial charge in [-0.3, -0.25) is 9.59 Å². The fraction of sp³-hybridized carbons (Fsp3) is 0.533. The van der Waals surface area contributed by atoms with Crippen molar-refractivity contribution in [3.8, 4) is 5.75 Å². The number of hydrogen-bond donors (Lipinski definition) is 1. The smallest absolute Gasteiger partial charge is 0.219 e. The van der Waals surface area contributed by atoms with Crippen LogP contribution in [0.3, 0.4) is 0 Å². The number of aryl methyl sites for hydroxylation is 1. The van der Waals surface area contributed by atoms with E-state index in [-0.39, 0.29) is 11.3 Å². The van der Waals surface area contributed by atoms with Gasteiger partial charge in [-0.1, -0.05) is 43.3 Å². The summed E-state index contributed by atoms with van der Waals surface area (Å²) in [5, 5.41) is 2.73. The number of carbonyl (C=O) groups excluding carboxylic acids is 2. The molecule has 5 rings (SSSR count). The summed E-state index contributed by atoms with van der Waals surface area (Å²) in [6.07, 6.45) is 7.44. The average Bonchev–Trinajstić information content (AvgIpc) is 3.12. The summed E-state index contributed by atoms with van der Waals surface area (Å²) in [6, 6.07) is 17.0. The number of carbonyl (C=O) groups is 2. The molecule has 1 N–H and O–H groups in total. The molecule has 3 aliphatic rings. The van der Waals surface area contributed by atoms with E-state index in [2.05, 4.69) is 42.6 Å². The number of ketones is 1. The van der Waals surface area contributed by atoms with Crippen molar-refractivity contribution < 1.29 is 14.3 Å². The third-order valence-corrected chi connectivity index (χ3v) is 9.05. The second-order valence-corrected chi connectivity index (χ2v) is 10.9. The number of amides is 1. The molecule has 2 saturated carbocycles. The molecule has 180 valence electrons. The predicted octanol–water partition coefficient (Wildman–Crippen LogP) is 5.83. The Morgan fingerprint density at radius 1 is 1.15 bits per heavy atom. The van der Waals surface area contributed by atoms with Gasteiger partial charge in [-0.15, -0.1) is 0 Å². The lowest BCUT2D eigenvalue weighted by atomic mass is 9.54. The quantitative estimate of drug-likeness (QED) is 0.566. The Morgan fingerprint density at radius 3 is 2.76 bits per heavy atom. The molecule has 0 aromatic heterocycles. The van der Waals surface area contributed by atoms with E-state index >= 15 is 0 Å². The molecule has 0 aliphatic heterocycles. The van der Waals surface area contributed by atoms with Crippen LogP contribution in [0.25, 0.3) is 0 Å². The first kappa shape index (κ1) is 23.1. The van der Waals surface area contributed by atoms with Gasteiger partial charge < -0.3 is 10.1 Å². The molecular weight excluding hydrogens is 422 g/mol. The van der Waals surface area contributed by atoms with Crippen molar-refractivity contribution in [3.63, 3.8) is 0 Å².